The fourth-order valence-corrected chi connectivity index (χ4v) is 1.52. The number of rotatable bonds is 3. The first kappa shape index (κ1) is 9.91. The van der Waals surface area contributed by atoms with E-state index >= 15 is 0 Å². The maximum atomic E-state index is 5.56. The average Bonchev–Trinajstić information content (AvgIpc) is 2.69. The van der Waals surface area contributed by atoms with Crippen molar-refractivity contribution in [1.82, 2.24) is 15.1 Å². The molecule has 2 aromatic rings. The molecule has 2 rings (SSSR count). The molecular weight excluding hydrogens is 262 g/mol. The summed E-state index contributed by atoms with van der Waals surface area (Å²) >= 11 is 3.34. The summed E-state index contributed by atoms with van der Waals surface area (Å²) in [7, 11) is 0. The van der Waals surface area contributed by atoms with Crippen LogP contribution in [0.15, 0.2) is 27.7 Å². The Kier molecular flexibility index (Phi) is 2.82. The van der Waals surface area contributed by atoms with Gasteiger partial charge in [-0.25, -0.2) is 4.98 Å². The molecule has 7 heteroatoms. The van der Waals surface area contributed by atoms with Crippen LogP contribution in [0.5, 0.6) is 0 Å². The molecule has 0 saturated carbocycles. The summed E-state index contributed by atoms with van der Waals surface area (Å²) in [6, 6.07) is 1.77. The van der Waals surface area contributed by atoms with Gasteiger partial charge in [-0.15, -0.1) is 0 Å². The lowest BCUT2D eigenvalue weighted by molar-refractivity contribution is 0.411. The van der Waals surface area contributed by atoms with Gasteiger partial charge in [-0.05, 0) is 22.0 Å². The van der Waals surface area contributed by atoms with Crippen molar-refractivity contribution in [2.75, 3.05) is 11.1 Å². The molecule has 0 unspecified atom stereocenters. The van der Waals surface area contributed by atoms with Crippen molar-refractivity contribution in [3.63, 3.8) is 0 Å². The van der Waals surface area contributed by atoms with Gasteiger partial charge < -0.3 is 15.6 Å². The molecule has 0 radical (unpaired) electrons. The molecule has 0 aromatic carbocycles. The Morgan fingerprint density at radius 3 is 3.00 bits per heavy atom. The predicted molar refractivity (Wildman–Crippen MR) is 58.0 cm³/mol. The van der Waals surface area contributed by atoms with Gasteiger partial charge in [0.2, 0.25) is 6.39 Å². The van der Waals surface area contributed by atoms with Crippen LogP contribution in [0.4, 0.5) is 11.5 Å². The molecule has 0 aliphatic carbocycles. The Balaban J connectivity index is 2.05. The lowest BCUT2D eigenvalue weighted by Gasteiger charge is -2.05. The normalized spacial score (nSPS) is 10.2. The van der Waals surface area contributed by atoms with Crippen molar-refractivity contribution >= 4 is 27.4 Å². The molecular formula is C8H8BrN5O. The highest BCUT2D eigenvalue weighted by Crippen LogP contribution is 2.21. The van der Waals surface area contributed by atoms with Crippen molar-refractivity contribution < 1.29 is 4.52 Å². The molecule has 0 atom stereocenters. The van der Waals surface area contributed by atoms with Gasteiger partial charge in [-0.3, -0.25) is 0 Å². The first-order chi connectivity index (χ1) is 7.25. The van der Waals surface area contributed by atoms with Gasteiger partial charge in [0, 0.05) is 0 Å². The van der Waals surface area contributed by atoms with E-state index in [0.29, 0.717) is 23.9 Å². The van der Waals surface area contributed by atoms with Crippen LogP contribution in [-0.2, 0) is 6.54 Å². The SMILES string of the molecule is Nc1cnc(NCc2ncon2)c(Br)c1. The topological polar surface area (TPSA) is 89.9 Å². The summed E-state index contributed by atoms with van der Waals surface area (Å²) in [5, 5.41) is 6.71. The van der Waals surface area contributed by atoms with Gasteiger partial charge in [-0.2, -0.15) is 4.98 Å². The van der Waals surface area contributed by atoms with Gasteiger partial charge in [0.1, 0.15) is 5.82 Å². The van der Waals surface area contributed by atoms with E-state index in [2.05, 4.69) is 40.9 Å². The zero-order valence-corrected chi connectivity index (χ0v) is 9.23. The molecule has 78 valence electrons. The molecule has 0 spiro atoms. The van der Waals surface area contributed by atoms with Gasteiger partial charge in [0.15, 0.2) is 5.82 Å². The highest BCUT2D eigenvalue weighted by Gasteiger charge is 2.03. The van der Waals surface area contributed by atoms with E-state index in [-0.39, 0.29) is 0 Å². The number of nitrogen functional groups attached to an aromatic ring is 1. The second-order valence-corrected chi connectivity index (χ2v) is 3.65. The van der Waals surface area contributed by atoms with E-state index in [1.807, 2.05) is 0 Å². The standard InChI is InChI=1S/C8H8BrN5O/c9-6-1-5(10)2-11-8(6)12-3-7-13-4-15-14-7/h1-2,4H,3,10H2,(H,11,12). The van der Waals surface area contributed by atoms with E-state index in [1.165, 1.54) is 6.39 Å². The Bertz CT molecular complexity index is 444. The number of nitrogens with zero attached hydrogens (tertiary/aromatic N) is 3. The summed E-state index contributed by atoms with van der Waals surface area (Å²) in [5.74, 6) is 1.26. The third-order valence-corrected chi connectivity index (χ3v) is 2.29. The molecule has 6 nitrogen and oxygen atoms in total. The molecule has 2 heterocycles. The third-order valence-electron chi connectivity index (χ3n) is 1.68. The Morgan fingerprint density at radius 2 is 2.33 bits per heavy atom. The number of aromatic nitrogens is 3. The maximum absolute atomic E-state index is 5.56. The van der Waals surface area contributed by atoms with Crippen molar-refractivity contribution in [1.29, 1.82) is 0 Å². The first-order valence-corrected chi connectivity index (χ1v) is 4.95. The minimum Gasteiger partial charge on any atom is -0.397 e. The molecule has 3 N–H and O–H groups in total. The molecule has 0 fully saturated rings. The third kappa shape index (κ3) is 2.44. The van der Waals surface area contributed by atoms with Crippen LogP contribution < -0.4 is 11.1 Å². The second kappa shape index (κ2) is 4.26. The molecule has 0 bridgehead atoms. The molecule has 15 heavy (non-hydrogen) atoms. The zero-order chi connectivity index (χ0) is 10.7. The van der Waals surface area contributed by atoms with Crippen molar-refractivity contribution in [2.45, 2.75) is 6.54 Å². The molecule has 0 aliphatic rings. The Hall–Kier alpha value is -1.63. The number of hydrogen-bond donors (Lipinski definition) is 2. The minimum absolute atomic E-state index is 0.450. The number of halogens is 1. The summed E-state index contributed by atoms with van der Waals surface area (Å²) in [4.78, 5) is 7.98. The smallest absolute Gasteiger partial charge is 0.213 e. The van der Waals surface area contributed by atoms with E-state index in [0.717, 1.165) is 4.47 Å². The van der Waals surface area contributed by atoms with Crippen LogP contribution in [0, 0.1) is 0 Å². The quantitative estimate of drug-likeness (QED) is 0.876. The summed E-state index contributed by atoms with van der Waals surface area (Å²) in [5.41, 5.74) is 6.16. The maximum Gasteiger partial charge on any atom is 0.213 e. The number of nitrogens with two attached hydrogens (primary N) is 1. The fourth-order valence-electron chi connectivity index (χ4n) is 1.02. The monoisotopic (exact) mass is 269 g/mol. The van der Waals surface area contributed by atoms with E-state index in [4.69, 9.17) is 5.73 Å². The molecule has 0 aliphatic heterocycles. The molecule has 2 aromatic heterocycles. The largest absolute Gasteiger partial charge is 0.397 e. The van der Waals surface area contributed by atoms with Gasteiger partial charge in [0.25, 0.3) is 0 Å². The average molecular weight is 270 g/mol. The van der Waals surface area contributed by atoms with Crippen molar-refractivity contribution in [3.05, 3.63) is 29.0 Å². The first-order valence-electron chi connectivity index (χ1n) is 4.16. The highest BCUT2D eigenvalue weighted by atomic mass is 79.9. The Labute approximate surface area is 94.0 Å². The van der Waals surface area contributed by atoms with Crippen LogP contribution in [0.3, 0.4) is 0 Å². The van der Waals surface area contributed by atoms with Crippen molar-refractivity contribution in [3.8, 4) is 0 Å². The number of nitrogens with one attached hydrogen (secondary N) is 1. The minimum atomic E-state index is 0.450. The zero-order valence-electron chi connectivity index (χ0n) is 7.64. The van der Waals surface area contributed by atoms with Crippen LogP contribution in [0.1, 0.15) is 5.82 Å². The molecule has 0 amide bonds. The van der Waals surface area contributed by atoms with Crippen LogP contribution in [-0.4, -0.2) is 15.1 Å². The number of pyridine rings is 1. The van der Waals surface area contributed by atoms with Crippen LogP contribution in [0.2, 0.25) is 0 Å². The van der Waals surface area contributed by atoms with E-state index < -0.39 is 0 Å². The summed E-state index contributed by atoms with van der Waals surface area (Å²) in [6.45, 7) is 0.450. The summed E-state index contributed by atoms with van der Waals surface area (Å²) < 4.78 is 5.40. The highest BCUT2D eigenvalue weighted by molar-refractivity contribution is 9.10. The van der Waals surface area contributed by atoms with Gasteiger partial charge in [0.05, 0.1) is 22.9 Å². The van der Waals surface area contributed by atoms with E-state index in [1.54, 1.807) is 12.3 Å². The number of hydrogen-bond acceptors (Lipinski definition) is 6. The van der Waals surface area contributed by atoms with Crippen LogP contribution >= 0.6 is 15.9 Å². The van der Waals surface area contributed by atoms with Gasteiger partial charge in [-0.1, -0.05) is 5.16 Å². The second-order valence-electron chi connectivity index (χ2n) is 2.80. The summed E-state index contributed by atoms with van der Waals surface area (Å²) in [6.07, 6.45) is 2.85. The lowest BCUT2D eigenvalue weighted by atomic mass is 10.4. The van der Waals surface area contributed by atoms with E-state index in [9.17, 15) is 0 Å². The van der Waals surface area contributed by atoms with Crippen LogP contribution in [0.25, 0.3) is 0 Å². The lowest BCUT2D eigenvalue weighted by Crippen LogP contribution is -2.03. The molecule has 0 saturated heterocycles. The van der Waals surface area contributed by atoms with Crippen molar-refractivity contribution in [2.24, 2.45) is 0 Å². The fraction of sp³-hybridized carbons (Fsp3) is 0.125. The van der Waals surface area contributed by atoms with Gasteiger partial charge >= 0.3 is 0 Å². The number of anilines is 2. The predicted octanol–water partition coefficient (Wildman–Crippen LogP) is 1.42. The Morgan fingerprint density at radius 1 is 1.47 bits per heavy atom.